The number of carbonyl (C=O) groups is 3. The summed E-state index contributed by atoms with van der Waals surface area (Å²) < 4.78 is 5.73. The van der Waals surface area contributed by atoms with Crippen molar-refractivity contribution in [2.45, 2.75) is 45.3 Å². The normalized spacial score (nSPS) is 28.6. The third-order valence-corrected chi connectivity index (χ3v) is 7.38. The predicted molar refractivity (Wildman–Crippen MR) is 114 cm³/mol. The molecule has 4 rings (SSSR count). The molecule has 1 aliphatic carbocycles. The van der Waals surface area contributed by atoms with Crippen molar-refractivity contribution in [3.05, 3.63) is 39.8 Å². The molecule has 2 aliphatic heterocycles. The number of Topliss-reactive ketones (excluding diaryl/α,β-unsaturated/α-hetero) is 2. The van der Waals surface area contributed by atoms with E-state index in [2.05, 4.69) is 5.32 Å². The number of hydrogen-bond acceptors (Lipinski definition) is 9. The number of aliphatic hydroxyl groups excluding tert-OH is 1. The van der Waals surface area contributed by atoms with Crippen LogP contribution in [0.25, 0.3) is 0 Å². The molecule has 2 heterocycles. The molecular weight excluding hydrogens is 422 g/mol. The van der Waals surface area contributed by atoms with Gasteiger partial charge < -0.3 is 25.4 Å². The minimum absolute atomic E-state index is 0.00620. The molecular formula is C22H23NO7S. The molecule has 0 bridgehead atoms. The maximum atomic E-state index is 13.7. The Balaban J connectivity index is 1.90. The minimum atomic E-state index is -1.54. The number of ketones is 3. The second-order valence-corrected chi connectivity index (χ2v) is 9.32. The van der Waals surface area contributed by atoms with Gasteiger partial charge in [0.25, 0.3) is 0 Å². The number of hydrogen-bond donors (Lipinski definition) is 4. The molecule has 0 unspecified atom stereocenters. The molecule has 1 fully saturated rings. The van der Waals surface area contributed by atoms with Gasteiger partial charge in [-0.15, -0.1) is 0 Å². The van der Waals surface area contributed by atoms with Gasteiger partial charge in [0.15, 0.2) is 17.3 Å². The number of fused-ring (bicyclic) bond motifs is 3. The van der Waals surface area contributed by atoms with E-state index in [1.165, 1.54) is 26.8 Å². The van der Waals surface area contributed by atoms with Gasteiger partial charge in [0.2, 0.25) is 0 Å². The molecule has 1 saturated heterocycles. The molecule has 0 saturated carbocycles. The third kappa shape index (κ3) is 2.90. The van der Waals surface area contributed by atoms with E-state index in [1.807, 2.05) is 0 Å². The van der Waals surface area contributed by atoms with E-state index in [9.17, 15) is 29.7 Å². The number of aliphatic hydroxyl groups is 1. The summed E-state index contributed by atoms with van der Waals surface area (Å²) in [6.07, 6.45) is 0.580. The van der Waals surface area contributed by atoms with Crippen LogP contribution in [0.3, 0.4) is 0 Å². The number of thioether (sulfide) groups is 1. The second-order valence-electron chi connectivity index (χ2n) is 8.24. The summed E-state index contributed by atoms with van der Waals surface area (Å²) in [5.74, 6) is -1.36. The molecule has 0 spiro atoms. The van der Waals surface area contributed by atoms with Crippen LogP contribution in [0.15, 0.2) is 23.1 Å². The smallest absolute Gasteiger partial charge is 0.194 e. The highest BCUT2D eigenvalue weighted by molar-refractivity contribution is 7.99. The summed E-state index contributed by atoms with van der Waals surface area (Å²) in [7, 11) is 0. The first-order valence-corrected chi connectivity index (χ1v) is 11.0. The fourth-order valence-electron chi connectivity index (χ4n) is 4.39. The molecule has 0 radical (unpaired) electrons. The van der Waals surface area contributed by atoms with E-state index in [4.69, 9.17) is 4.74 Å². The summed E-state index contributed by atoms with van der Waals surface area (Å²) in [4.78, 5) is 38.7. The van der Waals surface area contributed by atoms with E-state index in [-0.39, 0.29) is 45.6 Å². The molecule has 164 valence electrons. The molecule has 3 atom stereocenters. The first-order valence-electron chi connectivity index (χ1n) is 9.82. The number of nitrogens with one attached hydrogen (secondary N) is 1. The average molecular weight is 445 g/mol. The standard InChI is InChI=1S/C22H23NO7S/c1-8-18(27)16(10(3)24)20-17(19(8)28)22(4)14(30-20)5-12(25)15(21(22)29)9(2)23-11-6-31-7-13(11)26/h5,11,13,23,26-28H,6-7H2,1-4H3/b15-9+/t11-,13+,22-/m0/s1. The Morgan fingerprint density at radius 3 is 2.48 bits per heavy atom. The molecule has 8 nitrogen and oxygen atoms in total. The SMILES string of the molecule is CC(=O)c1c(O)c(C)c(O)c2c1OC1=CC(=O)/C(=C(/C)N[C@H]3CSC[C@H]3O)C(=O)[C@@]12C. The molecule has 0 aromatic heterocycles. The lowest BCUT2D eigenvalue weighted by Gasteiger charge is -2.29. The molecule has 0 amide bonds. The fourth-order valence-corrected chi connectivity index (χ4v) is 5.56. The topological polar surface area (TPSA) is 133 Å². The molecule has 4 N–H and O–H groups in total. The lowest BCUT2D eigenvalue weighted by Crippen LogP contribution is -2.43. The van der Waals surface area contributed by atoms with E-state index in [0.29, 0.717) is 17.2 Å². The van der Waals surface area contributed by atoms with Gasteiger partial charge in [-0.2, -0.15) is 11.8 Å². The van der Waals surface area contributed by atoms with Crippen molar-refractivity contribution in [3.8, 4) is 17.2 Å². The van der Waals surface area contributed by atoms with Gasteiger partial charge in [0, 0.05) is 28.8 Å². The van der Waals surface area contributed by atoms with Gasteiger partial charge in [0.05, 0.1) is 23.3 Å². The predicted octanol–water partition coefficient (Wildman–Crippen LogP) is 1.63. The van der Waals surface area contributed by atoms with Crippen molar-refractivity contribution in [1.29, 1.82) is 0 Å². The van der Waals surface area contributed by atoms with Crippen LogP contribution < -0.4 is 10.1 Å². The number of allylic oxidation sites excluding steroid dienone is 4. The van der Waals surface area contributed by atoms with Crippen LogP contribution in [0, 0.1) is 6.92 Å². The highest BCUT2D eigenvalue weighted by Gasteiger charge is 2.56. The zero-order chi connectivity index (χ0) is 22.8. The molecule has 1 aromatic carbocycles. The average Bonchev–Trinajstić information content (AvgIpc) is 3.21. The Morgan fingerprint density at radius 2 is 1.90 bits per heavy atom. The number of phenolic OH excluding ortho intramolecular Hbond substituents is 2. The van der Waals surface area contributed by atoms with Crippen LogP contribution in [0.4, 0.5) is 0 Å². The van der Waals surface area contributed by atoms with Crippen molar-refractivity contribution in [2.24, 2.45) is 0 Å². The Kier molecular flexibility index (Phi) is 4.94. The van der Waals surface area contributed by atoms with E-state index >= 15 is 0 Å². The van der Waals surface area contributed by atoms with Gasteiger partial charge in [-0.1, -0.05) is 0 Å². The maximum Gasteiger partial charge on any atom is 0.194 e. The van der Waals surface area contributed by atoms with Gasteiger partial charge in [-0.05, 0) is 27.7 Å². The zero-order valence-corrected chi connectivity index (χ0v) is 18.3. The number of benzene rings is 1. The van der Waals surface area contributed by atoms with Crippen LogP contribution in [0.1, 0.15) is 42.3 Å². The van der Waals surface area contributed by atoms with Crippen LogP contribution in [-0.2, 0) is 15.0 Å². The molecule has 9 heteroatoms. The lowest BCUT2D eigenvalue weighted by atomic mass is 9.70. The van der Waals surface area contributed by atoms with E-state index in [1.54, 1.807) is 18.7 Å². The largest absolute Gasteiger partial charge is 0.507 e. The van der Waals surface area contributed by atoms with Gasteiger partial charge in [-0.3, -0.25) is 14.4 Å². The van der Waals surface area contributed by atoms with Gasteiger partial charge in [0.1, 0.15) is 34.0 Å². The van der Waals surface area contributed by atoms with Crippen LogP contribution >= 0.6 is 11.8 Å². The van der Waals surface area contributed by atoms with Gasteiger partial charge in [-0.25, -0.2) is 0 Å². The monoisotopic (exact) mass is 445 g/mol. The van der Waals surface area contributed by atoms with Crippen molar-refractivity contribution in [2.75, 3.05) is 11.5 Å². The first-order chi connectivity index (χ1) is 14.5. The second kappa shape index (κ2) is 7.13. The number of rotatable bonds is 3. The molecule has 3 aliphatic rings. The highest BCUT2D eigenvalue weighted by Crippen LogP contribution is 2.57. The van der Waals surface area contributed by atoms with E-state index < -0.39 is 34.6 Å². The van der Waals surface area contributed by atoms with Crippen LogP contribution in [-0.4, -0.2) is 56.3 Å². The molecule has 31 heavy (non-hydrogen) atoms. The minimum Gasteiger partial charge on any atom is -0.507 e. The van der Waals surface area contributed by atoms with Crippen molar-refractivity contribution in [1.82, 2.24) is 5.32 Å². The van der Waals surface area contributed by atoms with Crippen LogP contribution in [0.5, 0.6) is 17.2 Å². The number of aromatic hydroxyl groups is 2. The summed E-state index contributed by atoms with van der Waals surface area (Å²) in [5.41, 5.74) is -1.36. The maximum absolute atomic E-state index is 13.7. The zero-order valence-electron chi connectivity index (χ0n) is 17.5. The van der Waals surface area contributed by atoms with Crippen molar-refractivity contribution >= 4 is 29.1 Å². The van der Waals surface area contributed by atoms with Crippen LogP contribution in [0.2, 0.25) is 0 Å². The van der Waals surface area contributed by atoms with E-state index in [0.717, 1.165) is 0 Å². The van der Waals surface area contributed by atoms with Gasteiger partial charge >= 0.3 is 0 Å². The van der Waals surface area contributed by atoms with Crippen molar-refractivity contribution in [3.63, 3.8) is 0 Å². The Bertz CT molecular complexity index is 1120. The number of phenols is 2. The first kappa shape index (κ1) is 21.5. The quantitative estimate of drug-likeness (QED) is 0.311. The Hall–Kier alpha value is -2.78. The van der Waals surface area contributed by atoms with Crippen molar-refractivity contribution < 1.29 is 34.4 Å². The summed E-state index contributed by atoms with van der Waals surface area (Å²) in [6.45, 7) is 5.80. The number of carbonyl (C=O) groups excluding carboxylic acids is 3. The lowest BCUT2D eigenvalue weighted by molar-refractivity contribution is -0.123. The molecule has 1 aromatic rings. The summed E-state index contributed by atoms with van der Waals surface area (Å²) >= 11 is 1.57. The number of ether oxygens (including phenoxy) is 1. The Morgan fingerprint density at radius 1 is 1.23 bits per heavy atom. The third-order valence-electron chi connectivity index (χ3n) is 6.21. The summed E-state index contributed by atoms with van der Waals surface area (Å²) in [5, 5.41) is 34.4. The Labute approximate surface area is 183 Å². The summed E-state index contributed by atoms with van der Waals surface area (Å²) in [6, 6.07) is -0.291. The fraction of sp³-hybridized carbons (Fsp3) is 0.409. The highest BCUT2D eigenvalue weighted by atomic mass is 32.2.